The van der Waals surface area contributed by atoms with Gasteiger partial charge in [-0.25, -0.2) is 0 Å². The van der Waals surface area contributed by atoms with Crippen LogP contribution in [0.3, 0.4) is 0 Å². The van der Waals surface area contributed by atoms with Crippen molar-refractivity contribution in [1.29, 1.82) is 0 Å². The van der Waals surface area contributed by atoms with Gasteiger partial charge in [0.05, 0.1) is 5.92 Å². The highest BCUT2D eigenvalue weighted by Gasteiger charge is 2.27. The molecule has 2 N–H and O–H groups in total. The number of hydrogen-bond acceptors (Lipinski definition) is 2. The van der Waals surface area contributed by atoms with Gasteiger partial charge in [0.15, 0.2) is 0 Å². The SMILES string of the molecule is CCC1CCC(C(=O)NCC(C(=O)O)c2ccccc2)CC1. The topological polar surface area (TPSA) is 66.4 Å². The summed E-state index contributed by atoms with van der Waals surface area (Å²) < 4.78 is 0. The molecule has 1 atom stereocenters. The van der Waals surface area contributed by atoms with E-state index in [2.05, 4.69) is 12.2 Å². The summed E-state index contributed by atoms with van der Waals surface area (Å²) >= 11 is 0. The molecule has 120 valence electrons. The Kier molecular flexibility index (Phi) is 5.99. The fraction of sp³-hybridized carbons (Fsp3) is 0.556. The maximum Gasteiger partial charge on any atom is 0.312 e. The van der Waals surface area contributed by atoms with E-state index in [0.29, 0.717) is 0 Å². The highest BCUT2D eigenvalue weighted by molar-refractivity contribution is 5.81. The number of amides is 1. The second kappa shape index (κ2) is 7.97. The van der Waals surface area contributed by atoms with E-state index in [9.17, 15) is 14.7 Å². The third-order valence-electron chi connectivity index (χ3n) is 4.78. The highest BCUT2D eigenvalue weighted by Crippen LogP contribution is 2.30. The molecule has 1 amide bonds. The van der Waals surface area contributed by atoms with Crippen LogP contribution >= 0.6 is 0 Å². The molecule has 1 aliphatic rings. The molecule has 0 aliphatic heterocycles. The molecule has 1 aromatic carbocycles. The first-order valence-electron chi connectivity index (χ1n) is 8.17. The number of hydrogen-bond donors (Lipinski definition) is 2. The van der Waals surface area contributed by atoms with Gasteiger partial charge >= 0.3 is 5.97 Å². The molecule has 22 heavy (non-hydrogen) atoms. The summed E-state index contributed by atoms with van der Waals surface area (Å²) in [6.07, 6.45) is 5.25. The molecular weight excluding hydrogens is 278 g/mol. The summed E-state index contributed by atoms with van der Waals surface area (Å²) in [5.74, 6) is -0.775. The molecule has 0 heterocycles. The van der Waals surface area contributed by atoms with E-state index in [-0.39, 0.29) is 18.4 Å². The third kappa shape index (κ3) is 4.33. The minimum absolute atomic E-state index is 0.0109. The van der Waals surface area contributed by atoms with E-state index in [4.69, 9.17) is 0 Å². The van der Waals surface area contributed by atoms with E-state index >= 15 is 0 Å². The minimum atomic E-state index is -0.902. The Morgan fingerprint density at radius 3 is 2.36 bits per heavy atom. The van der Waals surface area contributed by atoms with Crippen molar-refractivity contribution >= 4 is 11.9 Å². The average molecular weight is 303 g/mol. The Labute approximate surface area is 131 Å². The van der Waals surface area contributed by atoms with Gasteiger partial charge in [0.2, 0.25) is 5.91 Å². The largest absolute Gasteiger partial charge is 0.481 e. The number of nitrogens with one attached hydrogen (secondary N) is 1. The smallest absolute Gasteiger partial charge is 0.312 e. The van der Waals surface area contributed by atoms with Crippen molar-refractivity contribution in [2.24, 2.45) is 11.8 Å². The molecule has 0 bridgehead atoms. The molecule has 2 rings (SSSR count). The predicted molar refractivity (Wildman–Crippen MR) is 85.6 cm³/mol. The van der Waals surface area contributed by atoms with Gasteiger partial charge in [-0.2, -0.15) is 0 Å². The fourth-order valence-electron chi connectivity index (χ4n) is 3.21. The summed E-state index contributed by atoms with van der Waals surface area (Å²) in [5, 5.41) is 12.2. The molecule has 1 fully saturated rings. The standard InChI is InChI=1S/C18H25NO3/c1-2-13-8-10-15(11-9-13)17(20)19-12-16(18(21)22)14-6-4-3-5-7-14/h3-7,13,15-16H,2,8-12H2,1H3,(H,19,20)(H,21,22). The van der Waals surface area contributed by atoms with Crippen LogP contribution in [0.1, 0.15) is 50.5 Å². The molecule has 1 saturated carbocycles. The number of carbonyl (C=O) groups is 2. The molecule has 1 aromatic rings. The van der Waals surface area contributed by atoms with Crippen LogP contribution in [0.4, 0.5) is 0 Å². The van der Waals surface area contributed by atoms with E-state index in [1.807, 2.05) is 18.2 Å². The monoisotopic (exact) mass is 303 g/mol. The second-order valence-corrected chi connectivity index (χ2v) is 6.17. The molecule has 1 unspecified atom stereocenters. The van der Waals surface area contributed by atoms with E-state index in [1.165, 1.54) is 6.42 Å². The molecule has 0 spiro atoms. The molecule has 0 radical (unpaired) electrons. The summed E-state index contributed by atoms with van der Waals surface area (Å²) in [4.78, 5) is 23.7. The maximum atomic E-state index is 12.2. The van der Waals surface area contributed by atoms with Gasteiger partial charge in [-0.15, -0.1) is 0 Å². The lowest BCUT2D eigenvalue weighted by molar-refractivity contribution is -0.138. The van der Waals surface area contributed by atoms with Crippen LogP contribution in [0.25, 0.3) is 0 Å². The highest BCUT2D eigenvalue weighted by atomic mass is 16.4. The van der Waals surface area contributed by atoms with Crippen molar-refractivity contribution in [2.75, 3.05) is 6.54 Å². The Hall–Kier alpha value is -1.84. The lowest BCUT2D eigenvalue weighted by Gasteiger charge is -2.27. The Morgan fingerprint density at radius 2 is 1.82 bits per heavy atom. The lowest BCUT2D eigenvalue weighted by Crippen LogP contribution is -2.37. The van der Waals surface area contributed by atoms with Gasteiger partial charge < -0.3 is 10.4 Å². The first-order chi connectivity index (χ1) is 10.6. The zero-order chi connectivity index (χ0) is 15.9. The van der Waals surface area contributed by atoms with Crippen LogP contribution < -0.4 is 5.32 Å². The van der Waals surface area contributed by atoms with Crippen LogP contribution in [0.2, 0.25) is 0 Å². The van der Waals surface area contributed by atoms with E-state index < -0.39 is 11.9 Å². The second-order valence-electron chi connectivity index (χ2n) is 6.17. The zero-order valence-corrected chi connectivity index (χ0v) is 13.1. The number of carbonyl (C=O) groups excluding carboxylic acids is 1. The Bertz CT molecular complexity index is 492. The molecular formula is C18H25NO3. The predicted octanol–water partition coefficient (Wildman–Crippen LogP) is 3.19. The average Bonchev–Trinajstić information content (AvgIpc) is 2.55. The normalized spacial score (nSPS) is 22.8. The van der Waals surface area contributed by atoms with Crippen LogP contribution in [-0.4, -0.2) is 23.5 Å². The maximum absolute atomic E-state index is 12.2. The van der Waals surface area contributed by atoms with Crippen LogP contribution in [-0.2, 0) is 9.59 Å². The van der Waals surface area contributed by atoms with Crippen molar-refractivity contribution in [1.82, 2.24) is 5.32 Å². The van der Waals surface area contributed by atoms with Gasteiger partial charge in [-0.1, -0.05) is 43.7 Å². The van der Waals surface area contributed by atoms with Crippen LogP contribution in [0.15, 0.2) is 30.3 Å². The summed E-state index contributed by atoms with van der Waals surface area (Å²) in [5.41, 5.74) is 0.727. The van der Waals surface area contributed by atoms with E-state index in [0.717, 1.165) is 37.2 Å². The molecule has 0 saturated heterocycles. The third-order valence-corrected chi connectivity index (χ3v) is 4.78. The zero-order valence-electron chi connectivity index (χ0n) is 13.1. The summed E-state index contributed by atoms with van der Waals surface area (Å²) in [7, 11) is 0. The minimum Gasteiger partial charge on any atom is -0.481 e. The number of benzene rings is 1. The van der Waals surface area contributed by atoms with Crippen molar-refractivity contribution in [3.05, 3.63) is 35.9 Å². The number of carboxylic acids is 1. The number of aliphatic carboxylic acids is 1. The first-order valence-corrected chi connectivity index (χ1v) is 8.17. The van der Waals surface area contributed by atoms with Gasteiger partial charge in [-0.3, -0.25) is 9.59 Å². The summed E-state index contributed by atoms with van der Waals surface area (Å²) in [6.45, 7) is 2.36. The van der Waals surface area contributed by atoms with Crippen molar-refractivity contribution in [3.8, 4) is 0 Å². The Balaban J connectivity index is 1.87. The summed E-state index contributed by atoms with van der Waals surface area (Å²) in [6, 6.07) is 9.07. The van der Waals surface area contributed by atoms with Crippen molar-refractivity contribution in [3.63, 3.8) is 0 Å². The lowest BCUT2D eigenvalue weighted by atomic mass is 9.80. The molecule has 4 heteroatoms. The van der Waals surface area contributed by atoms with Crippen LogP contribution in [0, 0.1) is 11.8 Å². The number of rotatable bonds is 6. The van der Waals surface area contributed by atoms with E-state index in [1.54, 1.807) is 12.1 Å². The molecule has 1 aliphatic carbocycles. The Morgan fingerprint density at radius 1 is 1.18 bits per heavy atom. The fourth-order valence-corrected chi connectivity index (χ4v) is 3.21. The van der Waals surface area contributed by atoms with Crippen molar-refractivity contribution in [2.45, 2.75) is 44.9 Å². The number of carboxylic acid groups (broad SMARTS) is 1. The molecule has 0 aromatic heterocycles. The van der Waals surface area contributed by atoms with Gasteiger partial charge in [0.1, 0.15) is 0 Å². The quantitative estimate of drug-likeness (QED) is 0.848. The van der Waals surface area contributed by atoms with Crippen LogP contribution in [0.5, 0.6) is 0 Å². The molecule has 4 nitrogen and oxygen atoms in total. The van der Waals surface area contributed by atoms with Gasteiger partial charge in [0.25, 0.3) is 0 Å². The van der Waals surface area contributed by atoms with Gasteiger partial charge in [-0.05, 0) is 37.2 Å². The van der Waals surface area contributed by atoms with Crippen molar-refractivity contribution < 1.29 is 14.7 Å². The first kappa shape index (κ1) is 16.5. The van der Waals surface area contributed by atoms with Gasteiger partial charge in [0, 0.05) is 12.5 Å².